The van der Waals surface area contributed by atoms with E-state index in [0.29, 0.717) is 0 Å². The van der Waals surface area contributed by atoms with Crippen molar-refractivity contribution < 1.29 is 0 Å². The van der Waals surface area contributed by atoms with E-state index in [1.165, 1.54) is 0 Å². The zero-order valence-electron chi connectivity index (χ0n) is 11.3. The molecule has 3 aromatic heterocycles. The number of rotatable bonds is 5. The summed E-state index contributed by atoms with van der Waals surface area (Å²) in [6.07, 6.45) is 9.30. The predicted molar refractivity (Wildman–Crippen MR) is 75.1 cm³/mol. The number of nitrogens with zero attached hydrogens (tertiary/aromatic N) is 5. The molecule has 0 aliphatic carbocycles. The van der Waals surface area contributed by atoms with E-state index >= 15 is 0 Å². The van der Waals surface area contributed by atoms with Crippen LogP contribution < -0.4 is 5.32 Å². The highest BCUT2D eigenvalue weighted by Crippen LogP contribution is 2.10. The second-order valence-electron chi connectivity index (χ2n) is 4.56. The van der Waals surface area contributed by atoms with Crippen LogP contribution in [-0.2, 0) is 20.1 Å². The van der Waals surface area contributed by atoms with Crippen LogP contribution in [0.4, 0.5) is 0 Å². The van der Waals surface area contributed by atoms with E-state index in [1.807, 2.05) is 37.8 Å². The summed E-state index contributed by atoms with van der Waals surface area (Å²) in [5.74, 6) is 0.858. The molecular weight excluding hydrogens is 252 g/mol. The highest BCUT2D eigenvalue weighted by Gasteiger charge is 2.05. The lowest BCUT2D eigenvalue weighted by Gasteiger charge is -2.08. The Hall–Kier alpha value is -2.47. The van der Waals surface area contributed by atoms with Crippen LogP contribution in [0.25, 0.3) is 5.82 Å². The largest absolute Gasteiger partial charge is 0.308 e. The lowest BCUT2D eigenvalue weighted by Crippen LogP contribution is -2.15. The Morgan fingerprint density at radius 3 is 2.85 bits per heavy atom. The zero-order valence-corrected chi connectivity index (χ0v) is 11.3. The van der Waals surface area contributed by atoms with Gasteiger partial charge >= 0.3 is 0 Å². The van der Waals surface area contributed by atoms with E-state index in [1.54, 1.807) is 21.8 Å². The van der Waals surface area contributed by atoms with Gasteiger partial charge < -0.3 is 5.32 Å². The Bertz CT molecular complexity index is 671. The van der Waals surface area contributed by atoms with Crippen LogP contribution >= 0.6 is 0 Å². The number of aromatic nitrogens is 5. The molecule has 0 saturated carbocycles. The maximum Gasteiger partial charge on any atom is 0.157 e. The summed E-state index contributed by atoms with van der Waals surface area (Å²) in [5.41, 5.74) is 2.28. The van der Waals surface area contributed by atoms with Crippen molar-refractivity contribution in [3.63, 3.8) is 0 Å². The molecule has 0 saturated heterocycles. The molecular formula is C14H16N6. The van der Waals surface area contributed by atoms with Crippen molar-refractivity contribution in [2.24, 2.45) is 7.05 Å². The first kappa shape index (κ1) is 12.6. The van der Waals surface area contributed by atoms with Crippen molar-refractivity contribution in [3.8, 4) is 5.82 Å². The third kappa shape index (κ3) is 2.75. The lowest BCUT2D eigenvalue weighted by atomic mass is 10.2. The first-order chi connectivity index (χ1) is 9.83. The molecule has 0 fully saturated rings. The number of hydrogen-bond donors (Lipinski definition) is 1. The number of hydrogen-bond acceptors (Lipinski definition) is 4. The molecule has 0 radical (unpaired) electrons. The van der Waals surface area contributed by atoms with Gasteiger partial charge in [-0.25, -0.2) is 9.67 Å². The molecule has 20 heavy (non-hydrogen) atoms. The first-order valence-electron chi connectivity index (χ1n) is 6.45. The summed E-state index contributed by atoms with van der Waals surface area (Å²) >= 11 is 0. The fourth-order valence-corrected chi connectivity index (χ4v) is 2.07. The minimum absolute atomic E-state index is 0.734. The van der Waals surface area contributed by atoms with Crippen LogP contribution in [0.3, 0.4) is 0 Å². The Kier molecular flexibility index (Phi) is 3.56. The molecule has 0 bridgehead atoms. The second-order valence-corrected chi connectivity index (χ2v) is 4.56. The van der Waals surface area contributed by atoms with Crippen LogP contribution in [-0.4, -0.2) is 24.5 Å². The van der Waals surface area contributed by atoms with Crippen LogP contribution in [0.1, 0.15) is 11.1 Å². The average Bonchev–Trinajstić information content (AvgIpc) is 3.11. The predicted octanol–water partition coefficient (Wildman–Crippen LogP) is 1.29. The van der Waals surface area contributed by atoms with E-state index in [2.05, 4.69) is 26.6 Å². The van der Waals surface area contributed by atoms with Gasteiger partial charge in [-0.15, -0.1) is 0 Å². The van der Waals surface area contributed by atoms with Crippen molar-refractivity contribution in [1.29, 1.82) is 0 Å². The van der Waals surface area contributed by atoms with Crippen molar-refractivity contribution in [2.45, 2.75) is 13.1 Å². The molecule has 0 unspecified atom stereocenters. The van der Waals surface area contributed by atoms with Gasteiger partial charge in [0.25, 0.3) is 0 Å². The Morgan fingerprint density at radius 1 is 1.15 bits per heavy atom. The molecule has 0 atom stereocenters. The van der Waals surface area contributed by atoms with Crippen molar-refractivity contribution >= 4 is 0 Å². The van der Waals surface area contributed by atoms with Gasteiger partial charge in [0.05, 0.1) is 6.20 Å². The van der Waals surface area contributed by atoms with Gasteiger partial charge in [0.2, 0.25) is 0 Å². The molecule has 0 aromatic carbocycles. The molecule has 6 heteroatoms. The Labute approximate surface area is 117 Å². The average molecular weight is 268 g/mol. The first-order valence-corrected chi connectivity index (χ1v) is 6.45. The molecule has 3 heterocycles. The van der Waals surface area contributed by atoms with E-state index in [-0.39, 0.29) is 0 Å². The third-order valence-corrected chi connectivity index (χ3v) is 2.99. The Balaban J connectivity index is 1.68. The third-order valence-electron chi connectivity index (χ3n) is 2.99. The molecule has 0 amide bonds. The van der Waals surface area contributed by atoms with Gasteiger partial charge in [-0.3, -0.25) is 4.68 Å². The molecule has 102 valence electrons. The number of aryl methyl sites for hydroxylation is 1. The summed E-state index contributed by atoms with van der Waals surface area (Å²) in [6.45, 7) is 1.51. The van der Waals surface area contributed by atoms with Crippen LogP contribution in [0, 0.1) is 0 Å². The fourth-order valence-electron chi connectivity index (χ4n) is 2.07. The molecule has 6 nitrogen and oxygen atoms in total. The fraction of sp³-hybridized carbons (Fsp3) is 0.214. The van der Waals surface area contributed by atoms with Crippen LogP contribution in [0.2, 0.25) is 0 Å². The highest BCUT2D eigenvalue weighted by molar-refractivity contribution is 5.32. The zero-order chi connectivity index (χ0) is 13.8. The van der Waals surface area contributed by atoms with Gasteiger partial charge in [-0.05, 0) is 12.1 Å². The van der Waals surface area contributed by atoms with E-state index in [4.69, 9.17) is 0 Å². The lowest BCUT2D eigenvalue weighted by molar-refractivity contribution is 0.680. The number of nitrogens with one attached hydrogen (secondary N) is 1. The maximum absolute atomic E-state index is 4.39. The van der Waals surface area contributed by atoms with Crippen molar-refractivity contribution in [3.05, 3.63) is 60.3 Å². The topological polar surface area (TPSA) is 60.6 Å². The van der Waals surface area contributed by atoms with Crippen molar-refractivity contribution in [1.82, 2.24) is 29.9 Å². The summed E-state index contributed by atoms with van der Waals surface area (Å²) in [4.78, 5) is 4.39. The van der Waals surface area contributed by atoms with E-state index < -0.39 is 0 Å². The molecule has 1 N–H and O–H groups in total. The van der Waals surface area contributed by atoms with Crippen LogP contribution in [0.15, 0.2) is 49.2 Å². The monoisotopic (exact) mass is 268 g/mol. The second kappa shape index (κ2) is 5.66. The Morgan fingerprint density at radius 2 is 2.10 bits per heavy atom. The van der Waals surface area contributed by atoms with Gasteiger partial charge in [0.15, 0.2) is 5.82 Å². The quantitative estimate of drug-likeness (QED) is 0.757. The highest BCUT2D eigenvalue weighted by atomic mass is 15.3. The van der Waals surface area contributed by atoms with Gasteiger partial charge in [-0.1, -0.05) is 6.07 Å². The van der Waals surface area contributed by atoms with Crippen LogP contribution in [0.5, 0.6) is 0 Å². The normalized spacial score (nSPS) is 10.8. The summed E-state index contributed by atoms with van der Waals surface area (Å²) in [7, 11) is 1.92. The minimum Gasteiger partial charge on any atom is -0.308 e. The summed E-state index contributed by atoms with van der Waals surface area (Å²) in [5, 5.41) is 11.8. The minimum atomic E-state index is 0.734. The maximum atomic E-state index is 4.39. The molecule has 0 aliphatic heterocycles. The van der Waals surface area contributed by atoms with Gasteiger partial charge in [0, 0.05) is 56.1 Å². The van der Waals surface area contributed by atoms with Gasteiger partial charge in [0.1, 0.15) is 0 Å². The molecule has 0 aliphatic rings. The summed E-state index contributed by atoms with van der Waals surface area (Å²) < 4.78 is 3.58. The standard InChI is InChI=1S/C14H16N6/c1-19-11-12(9-18-19)8-15-10-13-4-2-5-16-14(13)20-7-3-6-17-20/h2-7,9,11,15H,8,10H2,1H3. The van der Waals surface area contributed by atoms with E-state index in [0.717, 1.165) is 30.0 Å². The van der Waals surface area contributed by atoms with Gasteiger partial charge in [-0.2, -0.15) is 10.2 Å². The summed E-state index contributed by atoms with van der Waals surface area (Å²) in [6, 6.07) is 5.88. The SMILES string of the molecule is Cn1cc(CNCc2cccnc2-n2cccn2)cn1. The molecule has 3 rings (SSSR count). The van der Waals surface area contributed by atoms with E-state index in [9.17, 15) is 0 Å². The number of pyridine rings is 1. The van der Waals surface area contributed by atoms with Crippen molar-refractivity contribution in [2.75, 3.05) is 0 Å². The molecule has 3 aromatic rings. The molecule has 0 spiro atoms. The smallest absolute Gasteiger partial charge is 0.157 e.